The summed E-state index contributed by atoms with van der Waals surface area (Å²) in [5.41, 5.74) is 1.06. The number of halogens is 1. The molecular formula is C13H13ClN2O4. The van der Waals surface area contributed by atoms with Crippen molar-refractivity contribution in [2.75, 3.05) is 13.0 Å². The molecule has 2 amide bonds. The van der Waals surface area contributed by atoms with Gasteiger partial charge in [0.2, 0.25) is 0 Å². The second-order valence-electron chi connectivity index (χ2n) is 4.14. The smallest absolute Gasteiger partial charge is 0.338 e. The summed E-state index contributed by atoms with van der Waals surface area (Å²) < 4.78 is 4.73. The maximum Gasteiger partial charge on any atom is 0.338 e. The normalized spacial score (nSPS) is 18.3. The molecule has 0 bridgehead atoms. The average Bonchev–Trinajstić information content (AvgIpc) is 2.45. The van der Waals surface area contributed by atoms with Crippen molar-refractivity contribution >= 4 is 23.6 Å². The number of hydrogen-bond acceptors (Lipinski definition) is 4. The van der Waals surface area contributed by atoms with E-state index in [-0.39, 0.29) is 22.9 Å². The van der Waals surface area contributed by atoms with E-state index in [2.05, 4.69) is 10.6 Å². The largest absolute Gasteiger partial charge is 0.508 e. The van der Waals surface area contributed by atoms with E-state index in [4.69, 9.17) is 16.3 Å². The van der Waals surface area contributed by atoms with Crippen molar-refractivity contribution in [3.63, 3.8) is 0 Å². The fourth-order valence-corrected chi connectivity index (χ4v) is 2.24. The number of hydrogen-bond donors (Lipinski definition) is 3. The van der Waals surface area contributed by atoms with Crippen LogP contribution in [0.4, 0.5) is 4.79 Å². The van der Waals surface area contributed by atoms with Gasteiger partial charge in [0.15, 0.2) is 0 Å². The van der Waals surface area contributed by atoms with Crippen molar-refractivity contribution < 1.29 is 19.4 Å². The number of methoxy groups -OCH3 is 1. The number of amides is 2. The van der Waals surface area contributed by atoms with Crippen molar-refractivity contribution in [3.05, 3.63) is 41.1 Å². The van der Waals surface area contributed by atoms with Gasteiger partial charge >= 0.3 is 12.0 Å². The molecule has 0 saturated heterocycles. The third kappa shape index (κ3) is 2.70. The predicted octanol–water partition coefficient (Wildman–Crippen LogP) is 1.41. The second-order valence-corrected chi connectivity index (χ2v) is 4.41. The number of rotatable bonds is 3. The van der Waals surface area contributed by atoms with Crippen LogP contribution in [-0.4, -0.2) is 30.1 Å². The highest BCUT2D eigenvalue weighted by molar-refractivity contribution is 6.20. The molecule has 0 radical (unpaired) electrons. The maximum atomic E-state index is 11.9. The lowest BCUT2D eigenvalue weighted by molar-refractivity contribution is -0.136. The second kappa shape index (κ2) is 5.83. The molecule has 1 aromatic rings. The van der Waals surface area contributed by atoms with Crippen LogP contribution < -0.4 is 10.6 Å². The Bertz CT molecular complexity index is 585. The van der Waals surface area contributed by atoms with Crippen LogP contribution >= 0.6 is 11.6 Å². The SMILES string of the molecule is COC(=O)C1=C(CCl)NC(=O)NC1c1cccc(O)c1. The van der Waals surface area contributed by atoms with Gasteiger partial charge in [0, 0.05) is 5.70 Å². The van der Waals surface area contributed by atoms with Crippen molar-refractivity contribution in [1.29, 1.82) is 0 Å². The molecule has 3 N–H and O–H groups in total. The van der Waals surface area contributed by atoms with E-state index in [1.54, 1.807) is 12.1 Å². The number of ether oxygens (including phenoxy) is 1. The van der Waals surface area contributed by atoms with Crippen LogP contribution in [0.5, 0.6) is 5.75 Å². The van der Waals surface area contributed by atoms with E-state index < -0.39 is 18.0 Å². The first-order valence-corrected chi connectivity index (χ1v) is 6.34. The van der Waals surface area contributed by atoms with Crippen molar-refractivity contribution in [3.8, 4) is 5.75 Å². The maximum absolute atomic E-state index is 11.9. The minimum Gasteiger partial charge on any atom is -0.508 e. The number of nitrogens with one attached hydrogen (secondary N) is 2. The van der Waals surface area contributed by atoms with E-state index >= 15 is 0 Å². The van der Waals surface area contributed by atoms with Crippen molar-refractivity contribution in [2.45, 2.75) is 6.04 Å². The van der Waals surface area contributed by atoms with E-state index in [0.717, 1.165) is 0 Å². The lowest BCUT2D eigenvalue weighted by Crippen LogP contribution is -2.46. The number of esters is 1. The molecule has 1 unspecified atom stereocenters. The highest BCUT2D eigenvalue weighted by atomic mass is 35.5. The third-order valence-corrected chi connectivity index (χ3v) is 3.16. The molecule has 0 fully saturated rings. The fourth-order valence-electron chi connectivity index (χ4n) is 2.03. The molecule has 1 aliphatic rings. The Morgan fingerprint density at radius 2 is 2.25 bits per heavy atom. The molecule has 20 heavy (non-hydrogen) atoms. The lowest BCUT2D eigenvalue weighted by atomic mass is 9.95. The monoisotopic (exact) mass is 296 g/mol. The number of phenolic OH excluding ortho intramolecular Hbond substituents is 1. The highest BCUT2D eigenvalue weighted by Crippen LogP contribution is 2.29. The molecule has 6 nitrogen and oxygen atoms in total. The van der Waals surface area contributed by atoms with Gasteiger partial charge < -0.3 is 20.5 Å². The molecule has 0 aliphatic carbocycles. The first-order valence-electron chi connectivity index (χ1n) is 5.80. The van der Waals surface area contributed by atoms with Crippen LogP contribution in [0.1, 0.15) is 11.6 Å². The molecular weight excluding hydrogens is 284 g/mol. The standard InChI is InChI=1S/C13H13ClN2O4/c1-20-12(18)10-9(6-14)15-13(19)16-11(10)7-3-2-4-8(17)5-7/h2-5,11,17H,6H2,1H3,(H2,15,16,19). The number of carbonyl (C=O) groups is 2. The van der Waals surface area contributed by atoms with Gasteiger partial charge in [-0.3, -0.25) is 0 Å². The molecule has 106 valence electrons. The summed E-state index contributed by atoms with van der Waals surface area (Å²) in [5, 5.41) is 14.6. The number of allylic oxidation sites excluding steroid dienone is 1. The van der Waals surface area contributed by atoms with Crippen LogP contribution in [0.25, 0.3) is 0 Å². The van der Waals surface area contributed by atoms with Gasteiger partial charge in [0.05, 0.1) is 24.6 Å². The molecule has 7 heteroatoms. The minimum atomic E-state index is -0.725. The predicted molar refractivity (Wildman–Crippen MR) is 72.3 cm³/mol. The molecule has 0 aromatic heterocycles. The lowest BCUT2D eigenvalue weighted by Gasteiger charge is -2.28. The zero-order valence-electron chi connectivity index (χ0n) is 10.6. The summed E-state index contributed by atoms with van der Waals surface area (Å²) in [4.78, 5) is 23.5. The number of alkyl halides is 1. The quantitative estimate of drug-likeness (QED) is 0.581. The van der Waals surface area contributed by atoms with Crippen molar-refractivity contribution in [1.82, 2.24) is 10.6 Å². The summed E-state index contributed by atoms with van der Waals surface area (Å²) in [6.07, 6.45) is 0. The van der Waals surface area contributed by atoms with Crippen LogP contribution in [0.15, 0.2) is 35.5 Å². The summed E-state index contributed by atoms with van der Waals surface area (Å²) in [6, 6.07) is 5.07. The van der Waals surface area contributed by atoms with E-state index in [0.29, 0.717) is 5.56 Å². The van der Waals surface area contributed by atoms with Gasteiger partial charge in [-0.15, -0.1) is 11.6 Å². The molecule has 1 atom stereocenters. The Morgan fingerprint density at radius 3 is 2.85 bits per heavy atom. The van der Waals surface area contributed by atoms with E-state index in [1.165, 1.54) is 19.2 Å². The van der Waals surface area contributed by atoms with Crippen molar-refractivity contribution in [2.24, 2.45) is 0 Å². The summed E-state index contributed by atoms with van der Waals surface area (Å²) in [6.45, 7) is 0. The van der Waals surface area contributed by atoms with Crippen LogP contribution in [-0.2, 0) is 9.53 Å². The van der Waals surface area contributed by atoms with Gasteiger partial charge in [0.25, 0.3) is 0 Å². The van der Waals surface area contributed by atoms with Gasteiger partial charge in [-0.25, -0.2) is 9.59 Å². The van der Waals surface area contributed by atoms with Gasteiger partial charge in [-0.05, 0) is 17.7 Å². The summed E-state index contributed by atoms with van der Waals surface area (Å²) in [7, 11) is 1.25. The summed E-state index contributed by atoms with van der Waals surface area (Å²) in [5.74, 6) is -0.596. The Morgan fingerprint density at radius 1 is 1.50 bits per heavy atom. The molecule has 1 aliphatic heterocycles. The number of benzene rings is 1. The molecule has 1 heterocycles. The van der Waals surface area contributed by atoms with Crippen LogP contribution in [0.2, 0.25) is 0 Å². The highest BCUT2D eigenvalue weighted by Gasteiger charge is 2.33. The van der Waals surface area contributed by atoms with Crippen LogP contribution in [0, 0.1) is 0 Å². The van der Waals surface area contributed by atoms with Crippen LogP contribution in [0.3, 0.4) is 0 Å². The summed E-state index contributed by atoms with van der Waals surface area (Å²) >= 11 is 5.77. The number of urea groups is 1. The Hall–Kier alpha value is -2.21. The minimum absolute atomic E-state index is 0.0342. The Labute approximate surface area is 120 Å². The Kier molecular flexibility index (Phi) is 4.14. The Balaban J connectivity index is 2.53. The third-order valence-electron chi connectivity index (χ3n) is 2.90. The zero-order valence-corrected chi connectivity index (χ0v) is 11.4. The molecule has 0 spiro atoms. The van der Waals surface area contributed by atoms with E-state index in [1.807, 2.05) is 0 Å². The van der Waals surface area contributed by atoms with Gasteiger partial charge in [0.1, 0.15) is 5.75 Å². The van der Waals surface area contributed by atoms with Gasteiger partial charge in [-0.2, -0.15) is 0 Å². The van der Waals surface area contributed by atoms with Gasteiger partial charge in [-0.1, -0.05) is 12.1 Å². The average molecular weight is 297 g/mol. The molecule has 1 aromatic carbocycles. The number of aromatic hydroxyl groups is 1. The number of phenols is 1. The number of carbonyl (C=O) groups excluding carboxylic acids is 2. The first kappa shape index (κ1) is 14.2. The first-order chi connectivity index (χ1) is 9.56. The molecule has 0 saturated carbocycles. The van der Waals surface area contributed by atoms with E-state index in [9.17, 15) is 14.7 Å². The topological polar surface area (TPSA) is 87.7 Å². The fraction of sp³-hybridized carbons (Fsp3) is 0.231. The zero-order chi connectivity index (χ0) is 14.7. The molecule has 2 rings (SSSR count).